The number of rotatable bonds is 8. The summed E-state index contributed by atoms with van der Waals surface area (Å²) in [5.74, 6) is -1.27. The number of carbonyl (C=O) groups is 4. The van der Waals surface area contributed by atoms with Crippen molar-refractivity contribution in [3.63, 3.8) is 0 Å². The number of carbonyl (C=O) groups excluding carboxylic acids is 4. The molecule has 0 aliphatic carbocycles. The van der Waals surface area contributed by atoms with E-state index >= 15 is 0 Å². The van der Waals surface area contributed by atoms with E-state index in [4.69, 9.17) is 34.8 Å². The standard InChI is InChI=1S/C15H31NO5Si.C9H17NO5.C6H15ClSi/c1-14(2,3)21-13(18)16-11(12(17)19-7)10-20-22(8,9)15(4,5)6;1-9(2,3)15-8(13)10-6(5-11)7(12)14-4;1-6(2,3)8(4,5)7/h11H,10H2,1-9H3,(H,16,18);6,11H,5H2,1-4H3,(H,10,13);1-5H3/t11-;6-;/m11./s1. The van der Waals surface area contributed by atoms with E-state index in [0.29, 0.717) is 5.04 Å². The van der Waals surface area contributed by atoms with Gasteiger partial charge in [-0.25, -0.2) is 19.2 Å². The molecule has 0 radical (unpaired) electrons. The number of alkyl carbamates (subject to hydrolysis) is 2. The highest BCUT2D eigenvalue weighted by Gasteiger charge is 2.39. The van der Waals surface area contributed by atoms with E-state index in [2.05, 4.69) is 83.1 Å². The molecular formula is C30H63ClN2O10Si2. The number of aliphatic hydroxyl groups is 1. The molecule has 2 amide bonds. The largest absolute Gasteiger partial charge is 0.467 e. The number of aliphatic hydroxyl groups excluding tert-OH is 1. The smallest absolute Gasteiger partial charge is 0.408 e. The van der Waals surface area contributed by atoms with Gasteiger partial charge in [0.05, 0.1) is 27.4 Å². The molecule has 12 nitrogen and oxygen atoms in total. The number of methoxy groups -OCH3 is 2. The molecule has 0 rings (SSSR count). The maximum atomic E-state index is 11.8. The van der Waals surface area contributed by atoms with Crippen LogP contribution in [0.4, 0.5) is 9.59 Å². The summed E-state index contributed by atoms with van der Waals surface area (Å²) in [5, 5.41) is 13.9. The van der Waals surface area contributed by atoms with Gasteiger partial charge in [0.25, 0.3) is 0 Å². The Hall–Kier alpha value is -1.88. The lowest BCUT2D eigenvalue weighted by atomic mass is 10.2. The van der Waals surface area contributed by atoms with Gasteiger partial charge in [0.2, 0.25) is 0 Å². The van der Waals surface area contributed by atoms with Crippen LogP contribution in [0.25, 0.3) is 0 Å². The predicted molar refractivity (Wildman–Crippen MR) is 184 cm³/mol. The Kier molecular flexibility index (Phi) is 20.1. The number of esters is 2. The third-order valence-electron chi connectivity index (χ3n) is 6.74. The zero-order valence-corrected chi connectivity index (χ0v) is 33.8. The van der Waals surface area contributed by atoms with E-state index in [1.165, 1.54) is 14.2 Å². The number of hydrogen-bond acceptors (Lipinski definition) is 10. The third kappa shape index (κ3) is 23.2. The van der Waals surface area contributed by atoms with E-state index < -0.39 is 69.7 Å². The molecule has 45 heavy (non-hydrogen) atoms. The van der Waals surface area contributed by atoms with Crippen LogP contribution in [0, 0.1) is 0 Å². The molecule has 2 atom stereocenters. The number of nitrogens with one attached hydrogen (secondary N) is 2. The molecule has 0 aliphatic rings. The van der Waals surface area contributed by atoms with E-state index in [1.54, 1.807) is 41.5 Å². The van der Waals surface area contributed by atoms with Gasteiger partial charge in [-0.3, -0.25) is 0 Å². The molecule has 0 aromatic heterocycles. The fourth-order valence-corrected chi connectivity index (χ4v) is 3.06. The summed E-state index contributed by atoms with van der Waals surface area (Å²) in [4.78, 5) is 45.8. The number of amides is 2. The van der Waals surface area contributed by atoms with E-state index in [9.17, 15) is 19.2 Å². The van der Waals surface area contributed by atoms with Gasteiger partial charge in [0.15, 0.2) is 27.8 Å². The summed E-state index contributed by atoms with van der Waals surface area (Å²) in [5.41, 5.74) is -1.29. The van der Waals surface area contributed by atoms with Crippen LogP contribution < -0.4 is 10.6 Å². The van der Waals surface area contributed by atoms with Gasteiger partial charge in [0.1, 0.15) is 11.2 Å². The number of hydrogen-bond donors (Lipinski definition) is 3. The zero-order valence-electron chi connectivity index (χ0n) is 31.1. The van der Waals surface area contributed by atoms with Gasteiger partial charge in [0, 0.05) is 0 Å². The first kappa shape index (κ1) is 47.5. The fraction of sp³-hybridized carbons (Fsp3) is 0.867. The third-order valence-corrected chi connectivity index (χ3v) is 16.5. The van der Waals surface area contributed by atoms with Crippen molar-refractivity contribution in [2.24, 2.45) is 0 Å². The molecule has 0 bridgehead atoms. The lowest BCUT2D eigenvalue weighted by molar-refractivity contribution is -0.144. The molecule has 0 spiro atoms. The first-order valence-electron chi connectivity index (χ1n) is 14.8. The van der Waals surface area contributed by atoms with Crippen LogP contribution in [0.2, 0.25) is 36.3 Å². The van der Waals surface area contributed by atoms with Gasteiger partial charge >= 0.3 is 24.1 Å². The predicted octanol–water partition coefficient (Wildman–Crippen LogP) is 6.35. The summed E-state index contributed by atoms with van der Waals surface area (Å²) in [7, 11) is -0.966. The minimum atomic E-state index is -2.02. The zero-order chi connectivity index (χ0) is 36.8. The topological polar surface area (TPSA) is 159 Å². The Bertz CT molecular complexity index is 917. The highest BCUT2D eigenvalue weighted by atomic mass is 35.6. The van der Waals surface area contributed by atoms with Crippen molar-refractivity contribution in [1.82, 2.24) is 10.6 Å². The van der Waals surface area contributed by atoms with Crippen LogP contribution >= 0.6 is 11.1 Å². The monoisotopic (exact) mass is 702 g/mol. The summed E-state index contributed by atoms with van der Waals surface area (Å²) >= 11 is 6.15. The summed E-state index contributed by atoms with van der Waals surface area (Å²) < 4.78 is 25.1. The number of halogens is 1. The van der Waals surface area contributed by atoms with Crippen molar-refractivity contribution in [2.75, 3.05) is 27.4 Å². The molecule has 0 saturated carbocycles. The van der Waals surface area contributed by atoms with Crippen molar-refractivity contribution in [1.29, 1.82) is 0 Å². The molecule has 0 unspecified atom stereocenters. The first-order chi connectivity index (χ1) is 19.7. The van der Waals surface area contributed by atoms with Crippen LogP contribution in [0.15, 0.2) is 0 Å². The maximum absolute atomic E-state index is 11.8. The van der Waals surface area contributed by atoms with E-state index in [0.717, 1.165) is 0 Å². The van der Waals surface area contributed by atoms with Crippen LogP contribution in [-0.2, 0) is 33.0 Å². The van der Waals surface area contributed by atoms with Crippen molar-refractivity contribution in [3.05, 3.63) is 0 Å². The molecule has 0 aromatic rings. The number of ether oxygens (including phenoxy) is 4. The van der Waals surface area contributed by atoms with Crippen molar-refractivity contribution in [2.45, 2.75) is 143 Å². The van der Waals surface area contributed by atoms with Gasteiger partial charge < -0.3 is 39.1 Å². The normalized spacial score (nSPS) is 13.8. The quantitative estimate of drug-likeness (QED) is 0.113. The molecule has 268 valence electrons. The molecule has 0 fully saturated rings. The van der Waals surface area contributed by atoms with E-state index in [1.807, 2.05) is 0 Å². The first-order valence-corrected chi connectivity index (χ1v) is 21.7. The van der Waals surface area contributed by atoms with Crippen LogP contribution in [0.5, 0.6) is 0 Å². The second-order valence-corrected chi connectivity index (χ2v) is 27.5. The van der Waals surface area contributed by atoms with Crippen LogP contribution in [-0.4, -0.2) is 95.7 Å². The van der Waals surface area contributed by atoms with Crippen molar-refractivity contribution < 1.29 is 47.7 Å². The Morgan fingerprint density at radius 3 is 1.22 bits per heavy atom. The van der Waals surface area contributed by atoms with Crippen molar-refractivity contribution in [3.8, 4) is 0 Å². The SMILES string of the molecule is CC(C)(C)[Si](C)(C)Cl.COC(=O)[C@@H](CO)NC(=O)OC(C)(C)C.COC(=O)[C@@H](CO[Si](C)(C)C(C)(C)C)NC(=O)OC(C)(C)C. The Labute approximate surface area is 278 Å². The molecule has 0 aromatic carbocycles. The molecular weight excluding hydrogens is 640 g/mol. The maximum Gasteiger partial charge on any atom is 0.408 e. The summed E-state index contributed by atoms with van der Waals surface area (Å²) in [6.45, 7) is 31.3. The Morgan fingerprint density at radius 2 is 0.978 bits per heavy atom. The second-order valence-electron chi connectivity index (χ2n) is 15.4. The van der Waals surface area contributed by atoms with Crippen LogP contribution in [0.1, 0.15) is 83.1 Å². The highest BCUT2D eigenvalue weighted by Crippen LogP contribution is 2.38. The summed E-state index contributed by atoms with van der Waals surface area (Å²) in [6, 6.07) is -1.97. The average molecular weight is 703 g/mol. The van der Waals surface area contributed by atoms with Gasteiger partial charge in [-0.2, -0.15) is 11.1 Å². The molecule has 3 N–H and O–H groups in total. The lowest BCUT2D eigenvalue weighted by Crippen LogP contribution is -2.50. The van der Waals surface area contributed by atoms with E-state index in [-0.39, 0.29) is 11.6 Å². The van der Waals surface area contributed by atoms with Crippen molar-refractivity contribution >= 4 is 50.9 Å². The van der Waals surface area contributed by atoms with Gasteiger partial charge in [-0.05, 0) is 64.7 Å². The highest BCUT2D eigenvalue weighted by molar-refractivity contribution is 7.20. The Morgan fingerprint density at radius 1 is 0.667 bits per heavy atom. The molecule has 15 heteroatoms. The van der Waals surface area contributed by atoms with Gasteiger partial charge in [-0.15, -0.1) is 0 Å². The van der Waals surface area contributed by atoms with Gasteiger partial charge in [-0.1, -0.05) is 54.6 Å². The van der Waals surface area contributed by atoms with Crippen LogP contribution in [0.3, 0.4) is 0 Å². The second kappa shape index (κ2) is 19.1. The molecule has 0 aliphatic heterocycles. The molecule has 0 saturated heterocycles. The lowest BCUT2D eigenvalue weighted by Gasteiger charge is -2.37. The minimum absolute atomic E-state index is 0.0135. The minimum Gasteiger partial charge on any atom is -0.467 e. The Balaban J connectivity index is -0.000000659. The average Bonchev–Trinajstić information content (AvgIpc) is 2.80. The fourth-order valence-electron chi connectivity index (χ4n) is 2.04. The molecule has 0 heterocycles. The summed E-state index contributed by atoms with van der Waals surface area (Å²) in [6.07, 6.45) is -1.44.